The molecule has 0 saturated heterocycles. The van der Waals surface area contributed by atoms with Gasteiger partial charge in [0, 0.05) is 42.5 Å². The molecule has 5 rings (SSSR count). The lowest BCUT2D eigenvalue weighted by Crippen LogP contribution is -2.41. The minimum Gasteiger partial charge on any atom is -0.396 e. The van der Waals surface area contributed by atoms with Gasteiger partial charge in [-0.05, 0) is 67.9 Å². The molecule has 1 aromatic carbocycles. The highest BCUT2D eigenvalue weighted by molar-refractivity contribution is 6.11. The molecule has 0 radical (unpaired) electrons. The van der Waals surface area contributed by atoms with E-state index in [1.807, 2.05) is 13.1 Å². The van der Waals surface area contributed by atoms with Gasteiger partial charge in [0.2, 0.25) is 5.91 Å². The molecule has 7 nitrogen and oxygen atoms in total. The highest BCUT2D eigenvalue weighted by Gasteiger charge is 2.49. The van der Waals surface area contributed by atoms with Crippen LogP contribution in [0.2, 0.25) is 0 Å². The summed E-state index contributed by atoms with van der Waals surface area (Å²) in [6.07, 6.45) is 5.61. The molecule has 3 heterocycles. The van der Waals surface area contributed by atoms with Crippen molar-refractivity contribution in [2.45, 2.75) is 44.4 Å². The molecule has 7 heteroatoms. The van der Waals surface area contributed by atoms with Crippen LogP contribution in [-0.2, 0) is 23.1 Å². The molecule has 4 N–H and O–H groups in total. The van der Waals surface area contributed by atoms with Crippen molar-refractivity contribution >= 4 is 22.5 Å². The van der Waals surface area contributed by atoms with Gasteiger partial charge in [-0.1, -0.05) is 0 Å². The van der Waals surface area contributed by atoms with E-state index in [4.69, 9.17) is 0 Å². The van der Waals surface area contributed by atoms with E-state index in [1.54, 1.807) is 4.90 Å². The van der Waals surface area contributed by atoms with Gasteiger partial charge < -0.3 is 20.1 Å². The molecule has 1 amide bonds. The van der Waals surface area contributed by atoms with Gasteiger partial charge in [-0.25, -0.2) is 0 Å². The van der Waals surface area contributed by atoms with Crippen LogP contribution in [0.25, 0.3) is 22.3 Å². The topological polar surface area (TPSA) is 105 Å². The van der Waals surface area contributed by atoms with Crippen LogP contribution in [0.5, 0.6) is 0 Å². The molecule has 1 aliphatic carbocycles. The third kappa shape index (κ3) is 2.44. The summed E-state index contributed by atoms with van der Waals surface area (Å²) in [6.45, 7) is 2.33. The first kappa shape index (κ1) is 18.4. The van der Waals surface area contributed by atoms with Crippen LogP contribution in [-0.4, -0.2) is 51.1 Å². The minimum absolute atomic E-state index is 0.0218. The fourth-order valence-corrected chi connectivity index (χ4v) is 5.32. The number of aromatic nitrogens is 3. The van der Waals surface area contributed by atoms with E-state index in [9.17, 15) is 15.0 Å². The first-order chi connectivity index (χ1) is 14.1. The molecule has 29 heavy (non-hydrogen) atoms. The van der Waals surface area contributed by atoms with Gasteiger partial charge in [0.05, 0.1) is 11.1 Å². The summed E-state index contributed by atoms with van der Waals surface area (Å²) in [5.74, 6) is -0.0218. The van der Waals surface area contributed by atoms with E-state index in [-0.39, 0.29) is 19.1 Å². The van der Waals surface area contributed by atoms with Crippen LogP contribution in [0, 0.1) is 0 Å². The molecule has 0 spiro atoms. The van der Waals surface area contributed by atoms with Crippen molar-refractivity contribution in [3.8, 4) is 11.4 Å². The Bertz CT molecular complexity index is 1090. The van der Waals surface area contributed by atoms with Gasteiger partial charge in [-0.2, -0.15) is 5.10 Å². The summed E-state index contributed by atoms with van der Waals surface area (Å²) >= 11 is 0. The molecular formula is C22H26N4O3. The fourth-order valence-electron chi connectivity index (χ4n) is 5.32. The number of carbonyl (C=O) groups is 1. The number of amides is 1. The number of aryl methyl sites for hydroxylation is 2. The first-order valence-electron chi connectivity index (χ1n) is 10.4. The number of hydrogen-bond acceptors (Lipinski definition) is 4. The van der Waals surface area contributed by atoms with Gasteiger partial charge in [0.25, 0.3) is 0 Å². The second-order valence-electron chi connectivity index (χ2n) is 8.08. The normalized spacial score (nSPS) is 17.3. The monoisotopic (exact) mass is 394 g/mol. The Hall–Kier alpha value is -2.64. The van der Waals surface area contributed by atoms with Crippen LogP contribution < -0.4 is 4.90 Å². The minimum atomic E-state index is -0.872. The summed E-state index contributed by atoms with van der Waals surface area (Å²) in [5, 5.41) is 28.0. The Morgan fingerprint density at radius 1 is 1.21 bits per heavy atom. The van der Waals surface area contributed by atoms with E-state index < -0.39 is 5.41 Å². The van der Waals surface area contributed by atoms with Crippen LogP contribution >= 0.6 is 0 Å². The lowest BCUT2D eigenvalue weighted by Gasteiger charge is -2.27. The molecule has 2 aliphatic rings. The van der Waals surface area contributed by atoms with Gasteiger partial charge >= 0.3 is 0 Å². The summed E-state index contributed by atoms with van der Waals surface area (Å²) < 4.78 is 0. The van der Waals surface area contributed by atoms with E-state index in [0.717, 1.165) is 52.8 Å². The molecular weight excluding hydrogens is 368 g/mol. The van der Waals surface area contributed by atoms with Crippen LogP contribution in [0.4, 0.5) is 5.69 Å². The second kappa shape index (κ2) is 6.71. The number of hydrogen-bond donors (Lipinski definition) is 4. The Morgan fingerprint density at radius 2 is 2.00 bits per heavy atom. The van der Waals surface area contributed by atoms with Crippen molar-refractivity contribution in [1.82, 2.24) is 15.2 Å². The number of rotatable bonds is 5. The van der Waals surface area contributed by atoms with Gasteiger partial charge in [0.1, 0.15) is 5.69 Å². The zero-order chi connectivity index (χ0) is 20.2. The van der Waals surface area contributed by atoms with E-state index in [0.29, 0.717) is 19.4 Å². The van der Waals surface area contributed by atoms with E-state index >= 15 is 0 Å². The second-order valence-corrected chi connectivity index (χ2v) is 8.08. The van der Waals surface area contributed by atoms with Crippen molar-refractivity contribution < 1.29 is 15.0 Å². The van der Waals surface area contributed by atoms with Crippen LogP contribution in [0.3, 0.4) is 0 Å². The van der Waals surface area contributed by atoms with Crippen molar-refractivity contribution in [1.29, 1.82) is 0 Å². The summed E-state index contributed by atoms with van der Waals surface area (Å²) in [4.78, 5) is 18.7. The maximum absolute atomic E-state index is 13.3. The average molecular weight is 394 g/mol. The molecule has 0 atom stereocenters. The highest BCUT2D eigenvalue weighted by atomic mass is 16.3. The number of fused-ring (bicyclic) bond motifs is 6. The number of anilines is 1. The summed E-state index contributed by atoms with van der Waals surface area (Å²) in [5.41, 5.74) is 6.43. The number of H-pyrrole nitrogens is 2. The lowest BCUT2D eigenvalue weighted by molar-refractivity contribution is -0.124. The smallest absolute Gasteiger partial charge is 0.237 e. The number of aromatic amines is 2. The number of carbonyl (C=O) groups excluding carboxylic acids is 1. The predicted octanol–water partition coefficient (Wildman–Crippen LogP) is 2.42. The molecule has 1 aliphatic heterocycles. The van der Waals surface area contributed by atoms with Crippen molar-refractivity contribution in [2.24, 2.45) is 0 Å². The van der Waals surface area contributed by atoms with Crippen molar-refractivity contribution in [3.05, 3.63) is 35.0 Å². The van der Waals surface area contributed by atoms with E-state index in [1.165, 1.54) is 11.1 Å². The highest BCUT2D eigenvalue weighted by Crippen LogP contribution is 2.49. The Balaban J connectivity index is 1.77. The standard InChI is InChI=1S/C22H26N4O3/c1-2-26-18-10-15-14-5-3-4-13-12-23-25-19(13)20(14)24-17(15)11-16(18)22(6-8-27,7-9-28)21(26)29/h10-12,24,27-28H,2-9H2,1H3,(H,23,25). The fraction of sp³-hybridized carbons (Fsp3) is 0.455. The quantitative estimate of drug-likeness (QED) is 0.533. The predicted molar refractivity (Wildman–Crippen MR) is 111 cm³/mol. The SMILES string of the molecule is CCN1C(=O)C(CCO)(CCO)c2cc3[nH]c4c(c3cc21)CCCc1c[nH]nc1-4. The van der Waals surface area contributed by atoms with Gasteiger partial charge in [-0.15, -0.1) is 0 Å². The Morgan fingerprint density at radius 3 is 2.72 bits per heavy atom. The molecule has 0 unspecified atom stereocenters. The molecule has 2 aromatic heterocycles. The number of nitrogens with one attached hydrogen (secondary N) is 2. The largest absolute Gasteiger partial charge is 0.396 e. The summed E-state index contributed by atoms with van der Waals surface area (Å²) in [7, 11) is 0. The van der Waals surface area contributed by atoms with Crippen molar-refractivity contribution in [3.63, 3.8) is 0 Å². The molecule has 0 fully saturated rings. The van der Waals surface area contributed by atoms with Crippen molar-refractivity contribution in [2.75, 3.05) is 24.7 Å². The number of aliphatic hydroxyl groups excluding tert-OH is 2. The Labute approximate surface area is 168 Å². The number of aliphatic hydroxyl groups is 2. The zero-order valence-corrected chi connectivity index (χ0v) is 16.6. The van der Waals surface area contributed by atoms with Gasteiger partial charge in [0.15, 0.2) is 0 Å². The first-order valence-corrected chi connectivity index (χ1v) is 10.4. The van der Waals surface area contributed by atoms with Crippen LogP contribution in [0.15, 0.2) is 18.3 Å². The number of likely N-dealkylation sites (N-methyl/N-ethyl adjacent to an activating group) is 1. The maximum Gasteiger partial charge on any atom is 0.237 e. The van der Waals surface area contributed by atoms with Gasteiger partial charge in [-0.3, -0.25) is 9.89 Å². The average Bonchev–Trinajstić information content (AvgIpc) is 3.34. The Kier molecular flexibility index (Phi) is 4.26. The maximum atomic E-state index is 13.3. The summed E-state index contributed by atoms with van der Waals surface area (Å²) in [6, 6.07) is 4.18. The molecule has 3 aromatic rings. The lowest BCUT2D eigenvalue weighted by atomic mass is 9.76. The third-order valence-electron chi connectivity index (χ3n) is 6.71. The number of nitrogens with zero attached hydrogens (tertiary/aromatic N) is 2. The zero-order valence-electron chi connectivity index (χ0n) is 16.6. The van der Waals surface area contributed by atoms with Crippen LogP contribution in [0.1, 0.15) is 42.9 Å². The molecule has 0 bridgehead atoms. The van der Waals surface area contributed by atoms with E-state index in [2.05, 4.69) is 27.3 Å². The molecule has 0 saturated carbocycles. The molecule has 152 valence electrons. The number of benzene rings is 1. The third-order valence-corrected chi connectivity index (χ3v) is 6.71.